The number of fused-ring (bicyclic) bond motifs is 1. The van der Waals surface area contributed by atoms with Gasteiger partial charge in [-0.3, -0.25) is 9.69 Å². The van der Waals surface area contributed by atoms with E-state index >= 15 is 0 Å². The van der Waals surface area contributed by atoms with Gasteiger partial charge >= 0.3 is 5.97 Å². The predicted octanol–water partition coefficient (Wildman–Crippen LogP) is 2.55. The molecule has 20 heavy (non-hydrogen) atoms. The van der Waals surface area contributed by atoms with Crippen molar-refractivity contribution in [3.63, 3.8) is 0 Å². The van der Waals surface area contributed by atoms with Gasteiger partial charge in [0.2, 0.25) is 0 Å². The molecule has 3 rings (SSSR count). The Balaban J connectivity index is 1.72. The molecule has 106 valence electrons. The lowest BCUT2D eigenvalue weighted by Gasteiger charge is -2.31. The Kier molecular flexibility index (Phi) is 3.74. The normalized spacial score (nSPS) is 20.1. The zero-order chi connectivity index (χ0) is 13.9. The standard InChI is InChI=1S/C16H20N2O2/c1-20-16(19)12-5-4-8-18(10-12)11-13-9-17-15-7-3-2-6-14(13)15/h2-3,6-7,9,12,17H,4-5,8,10-11H2,1H3. The number of nitrogens with zero attached hydrogens (tertiary/aromatic N) is 1. The zero-order valence-electron chi connectivity index (χ0n) is 11.8. The summed E-state index contributed by atoms with van der Waals surface area (Å²) in [5.74, 6) is -0.0485. The number of hydrogen-bond acceptors (Lipinski definition) is 3. The number of piperidine rings is 1. The van der Waals surface area contributed by atoms with Gasteiger partial charge in [0.25, 0.3) is 0 Å². The number of likely N-dealkylation sites (tertiary alicyclic amines) is 1. The van der Waals surface area contributed by atoms with Crippen LogP contribution in [0.2, 0.25) is 0 Å². The Labute approximate surface area is 118 Å². The van der Waals surface area contributed by atoms with Crippen LogP contribution < -0.4 is 0 Å². The van der Waals surface area contributed by atoms with Gasteiger partial charge in [0.1, 0.15) is 0 Å². The first-order chi connectivity index (χ1) is 9.78. The van der Waals surface area contributed by atoms with Crippen LogP contribution in [0.25, 0.3) is 10.9 Å². The van der Waals surface area contributed by atoms with Crippen molar-refractivity contribution < 1.29 is 9.53 Å². The summed E-state index contributed by atoms with van der Waals surface area (Å²) in [4.78, 5) is 17.3. The van der Waals surface area contributed by atoms with Crippen LogP contribution in [0.5, 0.6) is 0 Å². The lowest BCUT2D eigenvalue weighted by Crippen LogP contribution is -2.38. The Hall–Kier alpha value is -1.81. The summed E-state index contributed by atoms with van der Waals surface area (Å²) in [6.45, 7) is 2.73. The molecule has 0 amide bonds. The minimum atomic E-state index is -0.0753. The van der Waals surface area contributed by atoms with Gasteiger partial charge in [0.15, 0.2) is 0 Å². The zero-order valence-corrected chi connectivity index (χ0v) is 11.8. The number of benzene rings is 1. The van der Waals surface area contributed by atoms with Gasteiger partial charge in [0.05, 0.1) is 13.0 Å². The molecule has 1 atom stereocenters. The second-order valence-electron chi connectivity index (χ2n) is 5.46. The number of carbonyl (C=O) groups excluding carboxylic acids is 1. The molecular weight excluding hydrogens is 252 g/mol. The highest BCUT2D eigenvalue weighted by Crippen LogP contribution is 2.23. The molecule has 1 saturated heterocycles. The molecule has 0 bridgehead atoms. The van der Waals surface area contributed by atoms with Crippen molar-refractivity contribution in [3.8, 4) is 0 Å². The van der Waals surface area contributed by atoms with Crippen molar-refractivity contribution in [2.24, 2.45) is 5.92 Å². The third-order valence-corrected chi connectivity index (χ3v) is 4.11. The quantitative estimate of drug-likeness (QED) is 0.873. The van der Waals surface area contributed by atoms with Crippen molar-refractivity contribution in [2.45, 2.75) is 19.4 Å². The minimum Gasteiger partial charge on any atom is -0.469 e. The van der Waals surface area contributed by atoms with E-state index < -0.39 is 0 Å². The lowest BCUT2D eigenvalue weighted by molar-refractivity contribution is -0.147. The SMILES string of the molecule is COC(=O)C1CCCN(Cc2c[nH]c3ccccc23)C1. The number of carbonyl (C=O) groups is 1. The minimum absolute atomic E-state index is 0.0268. The number of hydrogen-bond donors (Lipinski definition) is 1. The number of nitrogens with one attached hydrogen (secondary N) is 1. The van der Waals surface area contributed by atoms with Gasteiger partial charge in [-0.25, -0.2) is 0 Å². The molecule has 1 aromatic heterocycles. The number of rotatable bonds is 3. The summed E-state index contributed by atoms with van der Waals surface area (Å²) in [7, 11) is 1.47. The van der Waals surface area contributed by atoms with Crippen LogP contribution >= 0.6 is 0 Å². The van der Waals surface area contributed by atoms with E-state index in [1.165, 1.54) is 23.6 Å². The van der Waals surface area contributed by atoms with E-state index in [0.29, 0.717) is 0 Å². The topological polar surface area (TPSA) is 45.3 Å². The van der Waals surface area contributed by atoms with E-state index in [9.17, 15) is 4.79 Å². The Bertz CT molecular complexity index is 605. The molecule has 0 spiro atoms. The molecule has 4 heteroatoms. The van der Waals surface area contributed by atoms with Crippen LogP contribution in [0.3, 0.4) is 0 Å². The molecule has 1 aliphatic rings. The molecule has 1 N–H and O–H groups in total. The maximum Gasteiger partial charge on any atom is 0.309 e. The van der Waals surface area contributed by atoms with Crippen molar-refractivity contribution in [2.75, 3.05) is 20.2 Å². The molecule has 1 aliphatic heterocycles. The van der Waals surface area contributed by atoms with Crippen molar-refractivity contribution >= 4 is 16.9 Å². The Morgan fingerprint density at radius 3 is 3.15 bits per heavy atom. The summed E-state index contributed by atoms with van der Waals surface area (Å²) in [6.07, 6.45) is 4.08. The lowest BCUT2D eigenvalue weighted by atomic mass is 9.98. The predicted molar refractivity (Wildman–Crippen MR) is 78.3 cm³/mol. The fourth-order valence-electron chi connectivity index (χ4n) is 3.06. The average molecular weight is 272 g/mol. The monoisotopic (exact) mass is 272 g/mol. The summed E-state index contributed by atoms with van der Waals surface area (Å²) in [5.41, 5.74) is 2.47. The molecule has 2 heterocycles. The Morgan fingerprint density at radius 1 is 1.45 bits per heavy atom. The molecule has 1 aromatic carbocycles. The molecule has 1 unspecified atom stereocenters. The van der Waals surface area contributed by atoms with Crippen molar-refractivity contribution in [3.05, 3.63) is 36.0 Å². The highest BCUT2D eigenvalue weighted by atomic mass is 16.5. The second-order valence-corrected chi connectivity index (χ2v) is 5.46. The summed E-state index contributed by atoms with van der Waals surface area (Å²) >= 11 is 0. The summed E-state index contributed by atoms with van der Waals surface area (Å²) < 4.78 is 4.87. The van der Waals surface area contributed by atoms with Crippen LogP contribution in [0, 0.1) is 5.92 Å². The van der Waals surface area contributed by atoms with E-state index in [-0.39, 0.29) is 11.9 Å². The number of para-hydroxylation sites is 1. The third kappa shape index (κ3) is 2.56. The maximum absolute atomic E-state index is 11.7. The Morgan fingerprint density at radius 2 is 2.30 bits per heavy atom. The first-order valence-electron chi connectivity index (χ1n) is 7.13. The maximum atomic E-state index is 11.7. The number of esters is 1. The van der Waals surface area contributed by atoms with Crippen molar-refractivity contribution in [1.29, 1.82) is 0 Å². The van der Waals surface area contributed by atoms with Gasteiger partial charge in [-0.05, 0) is 31.0 Å². The van der Waals surface area contributed by atoms with E-state index in [1.807, 2.05) is 6.07 Å². The molecule has 0 aliphatic carbocycles. The van der Waals surface area contributed by atoms with Crippen molar-refractivity contribution in [1.82, 2.24) is 9.88 Å². The second kappa shape index (κ2) is 5.67. The van der Waals surface area contributed by atoms with Crippen LogP contribution in [-0.2, 0) is 16.1 Å². The van der Waals surface area contributed by atoms with Gasteiger partial charge in [-0.1, -0.05) is 18.2 Å². The van der Waals surface area contributed by atoms with Crippen LogP contribution in [0.1, 0.15) is 18.4 Å². The van der Waals surface area contributed by atoms with Gasteiger partial charge in [0, 0.05) is 30.2 Å². The smallest absolute Gasteiger partial charge is 0.309 e. The van der Waals surface area contributed by atoms with Crippen LogP contribution in [0.15, 0.2) is 30.5 Å². The van der Waals surface area contributed by atoms with Crippen LogP contribution in [0.4, 0.5) is 0 Å². The number of methoxy groups -OCH3 is 1. The number of aromatic amines is 1. The molecule has 0 radical (unpaired) electrons. The summed E-state index contributed by atoms with van der Waals surface area (Å²) in [5, 5.41) is 1.27. The van der Waals surface area contributed by atoms with E-state index in [1.54, 1.807) is 0 Å². The average Bonchev–Trinajstić information content (AvgIpc) is 2.90. The fraction of sp³-hybridized carbons (Fsp3) is 0.438. The molecular formula is C16H20N2O2. The first kappa shape index (κ1) is 13.2. The molecule has 4 nitrogen and oxygen atoms in total. The molecule has 0 saturated carbocycles. The fourth-order valence-corrected chi connectivity index (χ4v) is 3.06. The van der Waals surface area contributed by atoms with Crippen LogP contribution in [-0.4, -0.2) is 36.1 Å². The first-order valence-corrected chi connectivity index (χ1v) is 7.13. The highest BCUT2D eigenvalue weighted by molar-refractivity contribution is 5.83. The molecule has 1 fully saturated rings. The third-order valence-electron chi connectivity index (χ3n) is 4.11. The number of ether oxygens (including phenoxy) is 1. The van der Waals surface area contributed by atoms with Gasteiger partial charge in [-0.2, -0.15) is 0 Å². The largest absolute Gasteiger partial charge is 0.469 e. The number of aromatic nitrogens is 1. The molecule has 2 aromatic rings. The number of H-pyrrole nitrogens is 1. The van der Waals surface area contributed by atoms with Gasteiger partial charge in [-0.15, -0.1) is 0 Å². The summed E-state index contributed by atoms with van der Waals surface area (Å²) in [6, 6.07) is 8.33. The highest BCUT2D eigenvalue weighted by Gasteiger charge is 2.26. The van der Waals surface area contributed by atoms with E-state index in [4.69, 9.17) is 4.74 Å². The van der Waals surface area contributed by atoms with Gasteiger partial charge < -0.3 is 9.72 Å². The van der Waals surface area contributed by atoms with E-state index in [2.05, 4.69) is 34.3 Å². The van der Waals surface area contributed by atoms with E-state index in [0.717, 1.165) is 32.5 Å².